The molecule has 0 atom stereocenters. The molecule has 0 saturated heterocycles. The number of carbonyl (C=O) groups is 1. The molecule has 0 unspecified atom stereocenters. The van der Waals surface area contributed by atoms with Gasteiger partial charge in [-0.25, -0.2) is 9.78 Å². The van der Waals surface area contributed by atoms with Gasteiger partial charge in [-0.1, -0.05) is 24.0 Å². The molecular formula is C23H20N2O3. The zero-order valence-corrected chi connectivity index (χ0v) is 16.0. The van der Waals surface area contributed by atoms with E-state index in [1.807, 2.05) is 43.3 Å². The number of esters is 1. The molecule has 0 bridgehead atoms. The molecule has 5 nitrogen and oxygen atoms in total. The van der Waals surface area contributed by atoms with Crippen molar-refractivity contribution in [3.63, 3.8) is 0 Å². The smallest absolute Gasteiger partial charge is 0.342 e. The van der Waals surface area contributed by atoms with Crippen molar-refractivity contribution < 1.29 is 14.3 Å². The average molecular weight is 372 g/mol. The predicted molar refractivity (Wildman–Crippen MR) is 107 cm³/mol. The van der Waals surface area contributed by atoms with Gasteiger partial charge in [0.2, 0.25) is 0 Å². The molecule has 0 fully saturated rings. The first-order valence-corrected chi connectivity index (χ1v) is 8.87. The highest BCUT2D eigenvalue weighted by molar-refractivity contribution is 5.95. The van der Waals surface area contributed by atoms with Crippen molar-refractivity contribution in [1.82, 2.24) is 9.97 Å². The maximum atomic E-state index is 12.3. The molecule has 0 aliphatic rings. The standard InChI is InChI=1S/C23H20N2O3/c1-4-28-23(26)20-14-16(2)25-21(22(20)27-3)19-11-9-17(10-12-19)7-8-18-6-5-13-24-15-18/h5-6,9-15H,4H2,1-3H3. The second-order valence-electron chi connectivity index (χ2n) is 5.98. The Morgan fingerprint density at radius 3 is 2.50 bits per heavy atom. The van der Waals surface area contributed by atoms with Gasteiger partial charge in [0, 0.05) is 34.8 Å². The van der Waals surface area contributed by atoms with E-state index < -0.39 is 5.97 Å². The number of aromatic nitrogens is 2. The summed E-state index contributed by atoms with van der Waals surface area (Å²) in [5.41, 5.74) is 4.22. The molecule has 0 aliphatic heterocycles. The van der Waals surface area contributed by atoms with Gasteiger partial charge in [-0.05, 0) is 44.2 Å². The van der Waals surface area contributed by atoms with E-state index >= 15 is 0 Å². The summed E-state index contributed by atoms with van der Waals surface area (Å²) in [6.45, 7) is 3.90. The van der Waals surface area contributed by atoms with Crippen molar-refractivity contribution in [3.05, 3.63) is 77.2 Å². The van der Waals surface area contributed by atoms with Crippen LogP contribution in [-0.4, -0.2) is 29.7 Å². The van der Waals surface area contributed by atoms with Crippen LogP contribution in [0.2, 0.25) is 0 Å². The molecule has 0 N–H and O–H groups in total. The van der Waals surface area contributed by atoms with E-state index in [0.717, 1.165) is 16.7 Å². The minimum absolute atomic E-state index is 0.295. The SMILES string of the molecule is CCOC(=O)c1cc(C)nc(-c2ccc(C#Cc3cccnc3)cc2)c1OC. The summed E-state index contributed by atoms with van der Waals surface area (Å²) in [4.78, 5) is 20.9. The van der Waals surface area contributed by atoms with Crippen LogP contribution in [0.4, 0.5) is 0 Å². The number of hydrogen-bond donors (Lipinski definition) is 0. The number of methoxy groups -OCH3 is 1. The average Bonchev–Trinajstić information content (AvgIpc) is 2.73. The first-order valence-electron chi connectivity index (χ1n) is 8.87. The molecule has 0 amide bonds. The summed E-state index contributed by atoms with van der Waals surface area (Å²) in [6, 6.07) is 13.1. The number of hydrogen-bond acceptors (Lipinski definition) is 5. The largest absolute Gasteiger partial charge is 0.494 e. The van der Waals surface area contributed by atoms with Crippen LogP contribution in [0, 0.1) is 18.8 Å². The number of pyridine rings is 2. The Hall–Kier alpha value is -3.65. The fourth-order valence-electron chi connectivity index (χ4n) is 2.72. The van der Waals surface area contributed by atoms with Crippen molar-refractivity contribution >= 4 is 5.97 Å². The van der Waals surface area contributed by atoms with Crippen molar-refractivity contribution in [2.75, 3.05) is 13.7 Å². The Morgan fingerprint density at radius 2 is 1.86 bits per heavy atom. The highest BCUT2D eigenvalue weighted by Gasteiger charge is 2.20. The maximum Gasteiger partial charge on any atom is 0.342 e. The van der Waals surface area contributed by atoms with Gasteiger partial charge in [0.05, 0.1) is 13.7 Å². The fourth-order valence-corrected chi connectivity index (χ4v) is 2.72. The van der Waals surface area contributed by atoms with Crippen molar-refractivity contribution in [3.8, 4) is 28.8 Å². The number of ether oxygens (including phenoxy) is 2. The summed E-state index contributed by atoms with van der Waals surface area (Å²) in [7, 11) is 1.52. The highest BCUT2D eigenvalue weighted by atomic mass is 16.5. The van der Waals surface area contributed by atoms with Crippen LogP contribution in [0.15, 0.2) is 54.9 Å². The van der Waals surface area contributed by atoms with Crippen LogP contribution in [0.1, 0.15) is 34.1 Å². The van der Waals surface area contributed by atoms with Gasteiger partial charge in [-0.15, -0.1) is 0 Å². The molecule has 0 spiro atoms. The topological polar surface area (TPSA) is 61.3 Å². The van der Waals surface area contributed by atoms with Gasteiger partial charge in [0.1, 0.15) is 11.3 Å². The minimum atomic E-state index is -0.426. The normalized spacial score (nSPS) is 9.96. The molecule has 2 aromatic heterocycles. The highest BCUT2D eigenvalue weighted by Crippen LogP contribution is 2.32. The minimum Gasteiger partial charge on any atom is -0.494 e. The predicted octanol–water partition coefficient (Wildman–Crippen LogP) is 4.04. The van der Waals surface area contributed by atoms with Gasteiger partial charge in [-0.2, -0.15) is 0 Å². The summed E-state index contributed by atoms with van der Waals surface area (Å²) in [6.07, 6.45) is 3.44. The molecule has 0 aliphatic carbocycles. The van der Waals surface area contributed by atoms with Gasteiger partial charge in [0.25, 0.3) is 0 Å². The monoisotopic (exact) mass is 372 g/mol. The fraction of sp³-hybridized carbons (Fsp3) is 0.174. The Balaban J connectivity index is 1.95. The molecule has 3 aromatic rings. The number of carbonyl (C=O) groups excluding carboxylic acids is 1. The number of rotatable bonds is 4. The number of nitrogens with zero attached hydrogens (tertiary/aromatic N) is 2. The Bertz CT molecular complexity index is 1030. The lowest BCUT2D eigenvalue weighted by Crippen LogP contribution is -2.09. The van der Waals surface area contributed by atoms with E-state index in [-0.39, 0.29) is 0 Å². The van der Waals surface area contributed by atoms with Gasteiger partial charge in [-0.3, -0.25) is 4.98 Å². The molecule has 3 rings (SSSR count). The Kier molecular flexibility index (Phi) is 6.03. The molecular weight excluding hydrogens is 352 g/mol. The molecule has 28 heavy (non-hydrogen) atoms. The van der Waals surface area contributed by atoms with Crippen molar-refractivity contribution in [2.45, 2.75) is 13.8 Å². The van der Waals surface area contributed by atoms with E-state index in [4.69, 9.17) is 9.47 Å². The van der Waals surface area contributed by atoms with Crippen LogP contribution in [0.3, 0.4) is 0 Å². The summed E-state index contributed by atoms with van der Waals surface area (Å²) in [5, 5.41) is 0. The zero-order valence-electron chi connectivity index (χ0n) is 16.0. The Labute approximate surface area is 164 Å². The summed E-state index contributed by atoms with van der Waals surface area (Å²) >= 11 is 0. The van der Waals surface area contributed by atoms with Crippen LogP contribution in [0.5, 0.6) is 5.75 Å². The molecule has 140 valence electrons. The van der Waals surface area contributed by atoms with Crippen LogP contribution < -0.4 is 4.74 Å². The van der Waals surface area contributed by atoms with Gasteiger partial charge in [0.15, 0.2) is 5.75 Å². The van der Waals surface area contributed by atoms with Gasteiger partial charge >= 0.3 is 5.97 Å². The lowest BCUT2D eigenvalue weighted by atomic mass is 10.0. The van der Waals surface area contributed by atoms with Crippen LogP contribution in [-0.2, 0) is 4.74 Å². The molecule has 1 aromatic carbocycles. The van der Waals surface area contributed by atoms with E-state index in [1.54, 1.807) is 25.4 Å². The zero-order chi connectivity index (χ0) is 19.9. The lowest BCUT2D eigenvalue weighted by molar-refractivity contribution is 0.0522. The lowest BCUT2D eigenvalue weighted by Gasteiger charge is -2.13. The molecule has 0 saturated carbocycles. The second kappa shape index (κ2) is 8.83. The van der Waals surface area contributed by atoms with Crippen molar-refractivity contribution in [2.24, 2.45) is 0 Å². The third kappa shape index (κ3) is 4.36. The van der Waals surface area contributed by atoms with E-state index in [9.17, 15) is 4.79 Å². The molecule has 0 radical (unpaired) electrons. The van der Waals surface area contributed by atoms with E-state index in [1.165, 1.54) is 7.11 Å². The third-order valence-electron chi connectivity index (χ3n) is 3.97. The second-order valence-corrected chi connectivity index (χ2v) is 5.98. The number of aryl methyl sites for hydroxylation is 1. The molecule has 2 heterocycles. The summed E-state index contributed by atoms with van der Waals surface area (Å²) < 4.78 is 10.6. The number of benzene rings is 1. The van der Waals surface area contributed by atoms with Crippen LogP contribution >= 0.6 is 0 Å². The van der Waals surface area contributed by atoms with Crippen LogP contribution in [0.25, 0.3) is 11.3 Å². The first-order chi connectivity index (χ1) is 13.6. The van der Waals surface area contributed by atoms with E-state index in [0.29, 0.717) is 29.3 Å². The first kappa shape index (κ1) is 19.1. The summed E-state index contributed by atoms with van der Waals surface area (Å²) in [5.74, 6) is 6.16. The molecule has 5 heteroatoms. The third-order valence-corrected chi connectivity index (χ3v) is 3.97. The van der Waals surface area contributed by atoms with Gasteiger partial charge < -0.3 is 9.47 Å². The maximum absolute atomic E-state index is 12.3. The Morgan fingerprint density at radius 1 is 1.11 bits per heavy atom. The van der Waals surface area contributed by atoms with E-state index in [2.05, 4.69) is 21.8 Å². The quantitative estimate of drug-likeness (QED) is 0.511. The van der Waals surface area contributed by atoms with Crippen molar-refractivity contribution in [1.29, 1.82) is 0 Å².